The normalized spacial score (nSPS) is 16.5. The average Bonchev–Trinajstić information content (AvgIpc) is 3.25. The van der Waals surface area contributed by atoms with E-state index in [4.69, 9.17) is 20.9 Å². The zero-order valence-electron chi connectivity index (χ0n) is 16.0. The maximum atomic E-state index is 12.8. The Morgan fingerprint density at radius 1 is 1.28 bits per heavy atom. The fourth-order valence-electron chi connectivity index (χ4n) is 3.45. The first-order valence-electron chi connectivity index (χ1n) is 9.42. The number of halogens is 1. The van der Waals surface area contributed by atoms with Gasteiger partial charge < -0.3 is 19.5 Å². The topological polar surface area (TPSA) is 80.5 Å². The number of para-hydroxylation sites is 2. The molecule has 0 bridgehead atoms. The van der Waals surface area contributed by atoms with Crippen molar-refractivity contribution in [2.24, 2.45) is 0 Å². The number of aromatic nitrogens is 2. The fourth-order valence-corrected chi connectivity index (χ4v) is 3.64. The molecule has 150 valence electrons. The number of anilines is 1. The van der Waals surface area contributed by atoms with Crippen molar-refractivity contribution in [2.75, 3.05) is 25.5 Å². The lowest BCUT2D eigenvalue weighted by molar-refractivity contribution is 0.184. The highest BCUT2D eigenvalue weighted by Gasteiger charge is 2.29. The number of piperidine rings is 1. The van der Waals surface area contributed by atoms with E-state index >= 15 is 0 Å². The summed E-state index contributed by atoms with van der Waals surface area (Å²) in [5.41, 5.74) is 1.44. The third kappa shape index (κ3) is 4.35. The number of likely N-dealkylation sites (tertiary alicyclic amines) is 1. The highest BCUT2D eigenvalue weighted by atomic mass is 35.5. The van der Waals surface area contributed by atoms with Gasteiger partial charge in [-0.05, 0) is 37.1 Å². The van der Waals surface area contributed by atoms with Gasteiger partial charge in [0.05, 0.1) is 18.7 Å². The van der Waals surface area contributed by atoms with Gasteiger partial charge in [0.2, 0.25) is 11.7 Å². The summed E-state index contributed by atoms with van der Waals surface area (Å²) in [7, 11) is 1.58. The number of hydrogen-bond donors (Lipinski definition) is 1. The van der Waals surface area contributed by atoms with Crippen LogP contribution in [0.25, 0.3) is 11.4 Å². The van der Waals surface area contributed by atoms with E-state index in [0.29, 0.717) is 41.3 Å². The number of amides is 2. The summed E-state index contributed by atoms with van der Waals surface area (Å²) in [6, 6.07) is 14.5. The molecule has 2 aromatic carbocycles. The number of hydrogen-bond acceptors (Lipinski definition) is 5. The number of benzene rings is 2. The SMILES string of the molecule is COc1ccccc1NC(=O)N1CCCC(c2nc(-c3cccc(Cl)c3)no2)C1. The second kappa shape index (κ2) is 8.53. The lowest BCUT2D eigenvalue weighted by Crippen LogP contribution is -2.41. The quantitative estimate of drug-likeness (QED) is 0.665. The zero-order chi connectivity index (χ0) is 20.2. The monoisotopic (exact) mass is 412 g/mol. The Kier molecular flexibility index (Phi) is 5.67. The Balaban J connectivity index is 1.45. The molecule has 4 rings (SSSR count). The summed E-state index contributed by atoms with van der Waals surface area (Å²) >= 11 is 6.05. The van der Waals surface area contributed by atoms with Crippen LogP contribution in [0.15, 0.2) is 53.1 Å². The van der Waals surface area contributed by atoms with Crippen molar-refractivity contribution >= 4 is 23.3 Å². The van der Waals surface area contributed by atoms with Crippen molar-refractivity contribution in [1.82, 2.24) is 15.0 Å². The van der Waals surface area contributed by atoms with Crippen molar-refractivity contribution < 1.29 is 14.1 Å². The van der Waals surface area contributed by atoms with Gasteiger partial charge in [-0.1, -0.05) is 41.0 Å². The Bertz CT molecular complexity index is 1010. The molecule has 1 N–H and O–H groups in total. The standard InChI is InChI=1S/C21H21ClN4O3/c1-28-18-10-3-2-9-17(18)23-21(27)26-11-5-7-15(13-26)20-24-19(25-29-20)14-6-4-8-16(22)12-14/h2-4,6,8-10,12,15H,5,7,11,13H2,1H3,(H,23,27). The third-order valence-corrected chi connectivity index (χ3v) is 5.17. The largest absolute Gasteiger partial charge is 0.495 e. The molecular formula is C21H21ClN4O3. The Hall–Kier alpha value is -3.06. The Morgan fingerprint density at radius 2 is 2.14 bits per heavy atom. The number of urea groups is 1. The molecule has 1 unspecified atom stereocenters. The van der Waals surface area contributed by atoms with Crippen LogP contribution in [0.4, 0.5) is 10.5 Å². The van der Waals surface area contributed by atoms with Crippen LogP contribution in [-0.2, 0) is 0 Å². The molecule has 0 radical (unpaired) electrons. The first-order valence-corrected chi connectivity index (χ1v) is 9.80. The molecule has 8 heteroatoms. The van der Waals surface area contributed by atoms with Gasteiger partial charge in [0.15, 0.2) is 0 Å². The average molecular weight is 413 g/mol. The molecular weight excluding hydrogens is 392 g/mol. The predicted molar refractivity (Wildman–Crippen MR) is 110 cm³/mol. The van der Waals surface area contributed by atoms with Gasteiger partial charge in [0.1, 0.15) is 5.75 Å². The molecule has 7 nitrogen and oxygen atoms in total. The summed E-state index contributed by atoms with van der Waals surface area (Å²) in [5.74, 6) is 1.65. The summed E-state index contributed by atoms with van der Waals surface area (Å²) in [6.07, 6.45) is 1.74. The molecule has 1 saturated heterocycles. The number of rotatable bonds is 4. The third-order valence-electron chi connectivity index (χ3n) is 4.93. The number of methoxy groups -OCH3 is 1. The van der Waals surface area contributed by atoms with Crippen molar-refractivity contribution in [3.05, 3.63) is 59.4 Å². The minimum Gasteiger partial charge on any atom is -0.495 e. The second-order valence-corrected chi connectivity index (χ2v) is 7.32. The van der Waals surface area contributed by atoms with Crippen LogP contribution in [0.5, 0.6) is 5.75 Å². The summed E-state index contributed by atoms with van der Waals surface area (Å²) in [5, 5.41) is 7.62. The Labute approximate surface area is 173 Å². The molecule has 1 atom stereocenters. The summed E-state index contributed by atoms with van der Waals surface area (Å²) in [4.78, 5) is 19.1. The van der Waals surface area contributed by atoms with Crippen molar-refractivity contribution in [3.63, 3.8) is 0 Å². The van der Waals surface area contributed by atoms with E-state index in [1.54, 1.807) is 24.1 Å². The lowest BCUT2D eigenvalue weighted by Gasteiger charge is -2.31. The van der Waals surface area contributed by atoms with E-state index < -0.39 is 0 Å². The van der Waals surface area contributed by atoms with E-state index in [-0.39, 0.29) is 11.9 Å². The lowest BCUT2D eigenvalue weighted by atomic mass is 9.98. The minimum absolute atomic E-state index is 0.00685. The number of nitrogens with one attached hydrogen (secondary N) is 1. The van der Waals surface area contributed by atoms with E-state index in [2.05, 4.69) is 15.5 Å². The molecule has 29 heavy (non-hydrogen) atoms. The molecule has 1 fully saturated rings. The molecule has 0 saturated carbocycles. The highest BCUT2D eigenvalue weighted by Crippen LogP contribution is 2.29. The molecule has 2 heterocycles. The van der Waals surface area contributed by atoms with Crippen LogP contribution in [0.3, 0.4) is 0 Å². The highest BCUT2D eigenvalue weighted by molar-refractivity contribution is 6.30. The van der Waals surface area contributed by atoms with Gasteiger partial charge in [-0.25, -0.2) is 4.79 Å². The summed E-state index contributed by atoms with van der Waals surface area (Å²) in [6.45, 7) is 1.19. The van der Waals surface area contributed by atoms with E-state index in [9.17, 15) is 4.79 Å². The smallest absolute Gasteiger partial charge is 0.321 e. The first-order chi connectivity index (χ1) is 14.1. The molecule has 3 aromatic rings. The molecule has 1 aromatic heterocycles. The van der Waals surface area contributed by atoms with Gasteiger partial charge in [0, 0.05) is 23.7 Å². The van der Waals surface area contributed by atoms with E-state index in [1.165, 1.54) is 0 Å². The maximum absolute atomic E-state index is 12.8. The van der Waals surface area contributed by atoms with Gasteiger partial charge in [-0.3, -0.25) is 0 Å². The number of nitrogens with zero attached hydrogens (tertiary/aromatic N) is 3. The maximum Gasteiger partial charge on any atom is 0.321 e. The number of carbonyl (C=O) groups excluding carboxylic acids is 1. The van der Waals surface area contributed by atoms with Crippen molar-refractivity contribution in [3.8, 4) is 17.1 Å². The van der Waals surface area contributed by atoms with Gasteiger partial charge in [-0.15, -0.1) is 0 Å². The fraction of sp³-hybridized carbons (Fsp3) is 0.286. The molecule has 1 aliphatic rings. The van der Waals surface area contributed by atoms with Crippen LogP contribution < -0.4 is 10.1 Å². The van der Waals surface area contributed by atoms with Gasteiger partial charge >= 0.3 is 6.03 Å². The Morgan fingerprint density at radius 3 is 2.97 bits per heavy atom. The van der Waals surface area contributed by atoms with Crippen LogP contribution in [-0.4, -0.2) is 41.3 Å². The van der Waals surface area contributed by atoms with Crippen LogP contribution in [0.1, 0.15) is 24.7 Å². The van der Waals surface area contributed by atoms with Crippen LogP contribution >= 0.6 is 11.6 Å². The molecule has 1 aliphatic heterocycles. The molecule has 0 aliphatic carbocycles. The zero-order valence-corrected chi connectivity index (χ0v) is 16.7. The van der Waals surface area contributed by atoms with Gasteiger partial charge in [0.25, 0.3) is 0 Å². The molecule has 0 spiro atoms. The van der Waals surface area contributed by atoms with Crippen molar-refractivity contribution in [1.29, 1.82) is 0 Å². The molecule has 2 amide bonds. The van der Waals surface area contributed by atoms with E-state index in [1.807, 2.05) is 36.4 Å². The van der Waals surface area contributed by atoms with Crippen molar-refractivity contribution in [2.45, 2.75) is 18.8 Å². The van der Waals surface area contributed by atoms with Crippen LogP contribution in [0, 0.1) is 0 Å². The number of carbonyl (C=O) groups is 1. The van der Waals surface area contributed by atoms with Gasteiger partial charge in [-0.2, -0.15) is 4.98 Å². The summed E-state index contributed by atoms with van der Waals surface area (Å²) < 4.78 is 10.8. The second-order valence-electron chi connectivity index (χ2n) is 6.88. The van der Waals surface area contributed by atoms with Crippen LogP contribution in [0.2, 0.25) is 5.02 Å². The minimum atomic E-state index is -0.172. The number of ether oxygens (including phenoxy) is 1. The predicted octanol–water partition coefficient (Wildman–Crippen LogP) is 4.81. The first kappa shape index (κ1) is 19.3. The van der Waals surface area contributed by atoms with E-state index in [0.717, 1.165) is 18.4 Å².